The highest BCUT2D eigenvalue weighted by atomic mass is 32.2. The quantitative estimate of drug-likeness (QED) is 0.813. The molecule has 0 aromatic heterocycles. The Balaban J connectivity index is 1.65. The average Bonchev–Trinajstić information content (AvgIpc) is 3.09. The largest absolute Gasteiger partial charge is 0.465 e. The maximum atomic E-state index is 14.7. The van der Waals surface area contributed by atoms with Crippen LogP contribution >= 0.6 is 11.8 Å². The summed E-state index contributed by atoms with van der Waals surface area (Å²) < 4.78 is 13.9. The molecule has 2 heterocycles. The highest BCUT2D eigenvalue weighted by Gasteiger charge is 2.53. The second kappa shape index (κ2) is 7.27. The number of rotatable bonds is 2. The molecule has 2 aliphatic heterocycles. The zero-order valence-corrected chi connectivity index (χ0v) is 15.7. The second-order valence-corrected chi connectivity index (χ2v) is 8.12. The minimum Gasteiger partial charge on any atom is -0.465 e. The van der Waals surface area contributed by atoms with Crippen LogP contribution in [0.25, 0.3) is 0 Å². The zero-order chi connectivity index (χ0) is 19.7. The van der Waals surface area contributed by atoms with Gasteiger partial charge in [-0.3, -0.25) is 9.79 Å². The van der Waals surface area contributed by atoms with Crippen LogP contribution in [0.2, 0.25) is 0 Å². The Bertz CT molecular complexity index is 953. The number of carbonyl (C=O) groups excluding carboxylic acids is 1. The van der Waals surface area contributed by atoms with E-state index in [2.05, 4.69) is 10.3 Å². The molecule has 2 N–H and O–H groups in total. The van der Waals surface area contributed by atoms with Crippen molar-refractivity contribution in [2.45, 2.75) is 4.75 Å². The lowest BCUT2D eigenvalue weighted by atomic mass is 9.87. The first kappa shape index (κ1) is 18.5. The summed E-state index contributed by atoms with van der Waals surface area (Å²) in [5, 5.41) is 12.6. The SMILES string of the molecule is O=C(NC1=NCC2CN(C(=O)O)CC2(c2ccccc2F)S1)c1ccccc1. The number of thioether (sulfide) groups is 1. The molecule has 2 amide bonds. The summed E-state index contributed by atoms with van der Waals surface area (Å²) in [7, 11) is 0. The van der Waals surface area contributed by atoms with E-state index in [1.54, 1.807) is 42.5 Å². The number of aliphatic imine (C=N–C) groups is 1. The highest BCUT2D eigenvalue weighted by molar-refractivity contribution is 8.14. The van der Waals surface area contributed by atoms with Crippen LogP contribution in [0.5, 0.6) is 0 Å². The minimum atomic E-state index is -1.04. The summed E-state index contributed by atoms with van der Waals surface area (Å²) >= 11 is 1.23. The summed E-state index contributed by atoms with van der Waals surface area (Å²) in [5.74, 6) is -0.868. The molecule has 2 atom stereocenters. The van der Waals surface area contributed by atoms with Gasteiger partial charge < -0.3 is 15.3 Å². The summed E-state index contributed by atoms with van der Waals surface area (Å²) in [6.45, 7) is 0.731. The van der Waals surface area contributed by atoms with Crippen LogP contribution in [0.4, 0.5) is 9.18 Å². The van der Waals surface area contributed by atoms with E-state index in [0.717, 1.165) is 0 Å². The van der Waals surface area contributed by atoms with Crippen LogP contribution in [0.3, 0.4) is 0 Å². The Morgan fingerprint density at radius 2 is 1.89 bits per heavy atom. The summed E-state index contributed by atoms with van der Waals surface area (Å²) in [6, 6.07) is 15.1. The molecule has 2 aromatic rings. The van der Waals surface area contributed by atoms with Gasteiger partial charge in [-0.25, -0.2) is 9.18 Å². The van der Waals surface area contributed by atoms with E-state index >= 15 is 0 Å². The number of benzene rings is 2. The molecular weight excluding hydrogens is 381 g/mol. The van der Waals surface area contributed by atoms with Crippen molar-refractivity contribution < 1.29 is 19.1 Å². The highest BCUT2D eigenvalue weighted by Crippen LogP contribution is 2.51. The predicted octanol–water partition coefficient (Wildman–Crippen LogP) is 3.16. The molecule has 4 rings (SSSR count). The van der Waals surface area contributed by atoms with Crippen molar-refractivity contribution in [3.8, 4) is 0 Å². The molecule has 0 bridgehead atoms. The van der Waals surface area contributed by atoms with E-state index in [1.807, 2.05) is 6.07 Å². The van der Waals surface area contributed by atoms with Crippen LogP contribution in [0.1, 0.15) is 15.9 Å². The van der Waals surface area contributed by atoms with Gasteiger partial charge in [-0.15, -0.1) is 0 Å². The van der Waals surface area contributed by atoms with Crippen LogP contribution < -0.4 is 5.32 Å². The lowest BCUT2D eigenvalue weighted by Gasteiger charge is -2.37. The second-order valence-electron chi connectivity index (χ2n) is 6.80. The zero-order valence-electron chi connectivity index (χ0n) is 14.8. The Labute approximate surface area is 165 Å². The smallest absolute Gasteiger partial charge is 0.407 e. The molecule has 0 aliphatic carbocycles. The number of likely N-dealkylation sites (tertiary alicyclic amines) is 1. The van der Waals surface area contributed by atoms with Gasteiger partial charge in [-0.1, -0.05) is 48.2 Å². The van der Waals surface area contributed by atoms with E-state index in [1.165, 1.54) is 22.7 Å². The fourth-order valence-corrected chi connectivity index (χ4v) is 5.18. The molecule has 0 saturated carbocycles. The maximum absolute atomic E-state index is 14.7. The van der Waals surface area contributed by atoms with Crippen molar-refractivity contribution in [2.75, 3.05) is 19.6 Å². The van der Waals surface area contributed by atoms with Crippen molar-refractivity contribution in [1.29, 1.82) is 0 Å². The number of fused-ring (bicyclic) bond motifs is 1. The number of nitrogens with one attached hydrogen (secondary N) is 1. The van der Waals surface area contributed by atoms with E-state index in [-0.39, 0.29) is 30.7 Å². The molecule has 2 aromatic carbocycles. The molecule has 0 radical (unpaired) electrons. The number of amidine groups is 1. The van der Waals surface area contributed by atoms with Crippen molar-refractivity contribution in [3.05, 3.63) is 71.5 Å². The topological polar surface area (TPSA) is 82.0 Å². The number of carbonyl (C=O) groups is 2. The van der Waals surface area contributed by atoms with Crippen LogP contribution in [0, 0.1) is 11.7 Å². The third-order valence-electron chi connectivity index (χ3n) is 5.12. The van der Waals surface area contributed by atoms with Crippen LogP contribution in [-0.4, -0.2) is 46.8 Å². The summed E-state index contributed by atoms with van der Waals surface area (Å²) in [4.78, 5) is 29.8. The van der Waals surface area contributed by atoms with Gasteiger partial charge in [-0.2, -0.15) is 0 Å². The molecule has 1 saturated heterocycles. The van der Waals surface area contributed by atoms with Gasteiger partial charge in [0.2, 0.25) is 0 Å². The number of carboxylic acid groups (broad SMARTS) is 1. The molecule has 144 valence electrons. The number of amides is 2. The van der Waals surface area contributed by atoms with Gasteiger partial charge in [0.15, 0.2) is 5.17 Å². The van der Waals surface area contributed by atoms with Gasteiger partial charge in [0, 0.05) is 36.7 Å². The first-order chi connectivity index (χ1) is 13.5. The summed E-state index contributed by atoms with van der Waals surface area (Å²) in [5.41, 5.74) is 0.932. The van der Waals surface area contributed by atoms with E-state index in [4.69, 9.17) is 0 Å². The van der Waals surface area contributed by atoms with E-state index in [0.29, 0.717) is 22.8 Å². The molecule has 8 heteroatoms. The fourth-order valence-electron chi connectivity index (χ4n) is 3.74. The standard InChI is InChI=1S/C20H18FN3O3S/c21-16-9-5-4-8-15(16)20-12-24(19(26)27)11-14(20)10-22-18(28-20)23-17(25)13-6-2-1-3-7-13/h1-9,14H,10-12H2,(H,26,27)(H,22,23,25). The lowest BCUT2D eigenvalue weighted by molar-refractivity contribution is 0.0977. The Morgan fingerprint density at radius 1 is 1.18 bits per heavy atom. The first-order valence-corrected chi connectivity index (χ1v) is 9.64. The van der Waals surface area contributed by atoms with E-state index < -0.39 is 10.8 Å². The monoisotopic (exact) mass is 399 g/mol. The average molecular weight is 399 g/mol. The Hall–Kier alpha value is -2.87. The van der Waals surface area contributed by atoms with Gasteiger partial charge in [0.05, 0.1) is 4.75 Å². The molecule has 2 unspecified atom stereocenters. The van der Waals surface area contributed by atoms with Gasteiger partial charge >= 0.3 is 6.09 Å². The normalized spacial score (nSPS) is 23.7. The molecule has 2 aliphatic rings. The number of halogens is 1. The molecule has 0 spiro atoms. The van der Waals surface area contributed by atoms with Crippen molar-refractivity contribution in [2.24, 2.45) is 10.9 Å². The van der Waals surface area contributed by atoms with E-state index in [9.17, 15) is 19.1 Å². The molecule has 6 nitrogen and oxygen atoms in total. The molecule has 1 fully saturated rings. The van der Waals surface area contributed by atoms with Gasteiger partial charge in [-0.05, 0) is 18.2 Å². The van der Waals surface area contributed by atoms with Crippen molar-refractivity contribution in [1.82, 2.24) is 10.2 Å². The minimum absolute atomic E-state index is 0.138. The first-order valence-electron chi connectivity index (χ1n) is 8.82. The maximum Gasteiger partial charge on any atom is 0.407 e. The molecular formula is C20H18FN3O3S. The van der Waals surface area contributed by atoms with Gasteiger partial charge in [0.25, 0.3) is 5.91 Å². The predicted molar refractivity (Wildman–Crippen MR) is 105 cm³/mol. The number of hydrogen-bond acceptors (Lipinski definition) is 4. The third kappa shape index (κ3) is 3.24. The lowest BCUT2D eigenvalue weighted by Crippen LogP contribution is -2.43. The Morgan fingerprint density at radius 3 is 2.61 bits per heavy atom. The Kier molecular flexibility index (Phi) is 4.80. The van der Waals surface area contributed by atoms with Crippen molar-refractivity contribution in [3.63, 3.8) is 0 Å². The number of nitrogens with zero attached hydrogens (tertiary/aromatic N) is 2. The third-order valence-corrected chi connectivity index (χ3v) is 6.59. The molecule has 28 heavy (non-hydrogen) atoms. The summed E-state index contributed by atoms with van der Waals surface area (Å²) in [6.07, 6.45) is -1.04. The number of hydrogen-bond donors (Lipinski definition) is 2. The van der Waals surface area contributed by atoms with Gasteiger partial charge in [0.1, 0.15) is 5.82 Å². The van der Waals surface area contributed by atoms with Crippen LogP contribution in [0.15, 0.2) is 59.6 Å². The van der Waals surface area contributed by atoms with Crippen molar-refractivity contribution >= 4 is 28.9 Å². The fraction of sp³-hybridized carbons (Fsp3) is 0.250. The van der Waals surface area contributed by atoms with Crippen LogP contribution in [-0.2, 0) is 4.75 Å².